The maximum Gasteiger partial charge on any atom is 0.273 e. The highest BCUT2D eigenvalue weighted by Gasteiger charge is 2.21. The normalized spacial score (nSPS) is 16.2. The van der Waals surface area contributed by atoms with Crippen molar-refractivity contribution in [3.8, 4) is 5.69 Å². The fraction of sp³-hybridized carbons (Fsp3) is 0.500. The predicted octanol–water partition coefficient (Wildman–Crippen LogP) is 2.18. The second kappa shape index (κ2) is 7.57. The van der Waals surface area contributed by atoms with Crippen molar-refractivity contribution in [2.75, 3.05) is 19.6 Å². The Morgan fingerprint density at radius 1 is 1.25 bits per heavy atom. The maximum atomic E-state index is 12.4. The Kier molecular flexibility index (Phi) is 5.25. The van der Waals surface area contributed by atoms with E-state index in [0.717, 1.165) is 38.2 Å². The quantitative estimate of drug-likeness (QED) is 0.914. The van der Waals surface area contributed by atoms with E-state index in [2.05, 4.69) is 27.5 Å². The molecule has 0 unspecified atom stereocenters. The van der Waals surface area contributed by atoms with Gasteiger partial charge in [-0.2, -0.15) is 0 Å². The van der Waals surface area contributed by atoms with Crippen LogP contribution in [-0.2, 0) is 0 Å². The van der Waals surface area contributed by atoms with Gasteiger partial charge in [-0.25, -0.2) is 4.68 Å². The Labute approximate surface area is 142 Å². The number of rotatable bonds is 5. The van der Waals surface area contributed by atoms with Gasteiger partial charge in [-0.1, -0.05) is 29.8 Å². The molecule has 128 valence electrons. The van der Waals surface area contributed by atoms with Crippen molar-refractivity contribution in [3.05, 3.63) is 41.7 Å². The minimum Gasteiger partial charge on any atom is -0.348 e. The summed E-state index contributed by atoms with van der Waals surface area (Å²) >= 11 is 0. The van der Waals surface area contributed by atoms with E-state index in [1.165, 1.54) is 12.0 Å². The van der Waals surface area contributed by atoms with E-state index in [0.29, 0.717) is 5.69 Å². The first-order chi connectivity index (χ1) is 11.7. The maximum absolute atomic E-state index is 12.4. The van der Waals surface area contributed by atoms with E-state index in [-0.39, 0.29) is 11.9 Å². The number of carbonyl (C=O) groups excluding carboxylic acids is 1. The van der Waals surface area contributed by atoms with Crippen LogP contribution in [0.4, 0.5) is 0 Å². The minimum absolute atomic E-state index is 0.137. The SMILES string of the molecule is CCCN1CCC(NC(=O)c2cn(-c3ccc(C)cc3)nn2)CC1. The second-order valence-electron chi connectivity index (χ2n) is 6.47. The van der Waals surface area contributed by atoms with Gasteiger partial charge in [0.15, 0.2) is 5.69 Å². The zero-order valence-electron chi connectivity index (χ0n) is 14.4. The van der Waals surface area contributed by atoms with E-state index in [1.807, 2.05) is 31.2 Å². The second-order valence-corrected chi connectivity index (χ2v) is 6.47. The molecule has 1 N–H and O–H groups in total. The predicted molar refractivity (Wildman–Crippen MR) is 93.3 cm³/mol. The summed E-state index contributed by atoms with van der Waals surface area (Å²) < 4.78 is 1.64. The number of nitrogens with one attached hydrogen (secondary N) is 1. The molecule has 2 aromatic rings. The van der Waals surface area contributed by atoms with Crippen molar-refractivity contribution < 1.29 is 4.79 Å². The molecule has 2 heterocycles. The molecule has 1 aliphatic rings. The highest BCUT2D eigenvalue weighted by atomic mass is 16.2. The van der Waals surface area contributed by atoms with Crippen molar-refractivity contribution in [2.45, 2.75) is 39.2 Å². The molecule has 1 amide bonds. The smallest absolute Gasteiger partial charge is 0.273 e. The van der Waals surface area contributed by atoms with Crippen molar-refractivity contribution in [1.29, 1.82) is 0 Å². The minimum atomic E-state index is -0.137. The van der Waals surface area contributed by atoms with Crippen LogP contribution in [0, 0.1) is 6.92 Å². The Morgan fingerprint density at radius 2 is 1.96 bits per heavy atom. The number of piperidine rings is 1. The molecule has 6 heteroatoms. The summed E-state index contributed by atoms with van der Waals surface area (Å²) in [4.78, 5) is 14.8. The molecule has 1 saturated heterocycles. The van der Waals surface area contributed by atoms with Gasteiger partial charge in [0, 0.05) is 19.1 Å². The standard InChI is InChI=1S/C18H25N5O/c1-3-10-22-11-8-15(9-12-22)19-18(24)17-13-23(21-20-17)16-6-4-14(2)5-7-16/h4-7,13,15H,3,8-12H2,1-2H3,(H,19,24). The van der Waals surface area contributed by atoms with Gasteiger partial charge >= 0.3 is 0 Å². The van der Waals surface area contributed by atoms with E-state index < -0.39 is 0 Å². The van der Waals surface area contributed by atoms with Gasteiger partial charge in [0.1, 0.15) is 0 Å². The fourth-order valence-corrected chi connectivity index (χ4v) is 3.07. The molecule has 0 radical (unpaired) electrons. The molecule has 0 saturated carbocycles. The van der Waals surface area contributed by atoms with Crippen LogP contribution in [0.1, 0.15) is 42.2 Å². The Balaban J connectivity index is 1.57. The zero-order chi connectivity index (χ0) is 16.9. The number of hydrogen-bond donors (Lipinski definition) is 1. The van der Waals surface area contributed by atoms with Gasteiger partial charge in [-0.15, -0.1) is 5.10 Å². The Hall–Kier alpha value is -2.21. The number of carbonyl (C=O) groups is 1. The Morgan fingerprint density at radius 3 is 2.62 bits per heavy atom. The molecular formula is C18H25N5O. The summed E-state index contributed by atoms with van der Waals surface area (Å²) in [5, 5.41) is 11.2. The van der Waals surface area contributed by atoms with Gasteiger partial charge < -0.3 is 10.2 Å². The molecule has 1 aliphatic heterocycles. The number of aromatic nitrogens is 3. The van der Waals surface area contributed by atoms with Crippen LogP contribution >= 0.6 is 0 Å². The topological polar surface area (TPSA) is 63.1 Å². The number of likely N-dealkylation sites (tertiary alicyclic amines) is 1. The van der Waals surface area contributed by atoms with E-state index in [1.54, 1.807) is 10.9 Å². The van der Waals surface area contributed by atoms with Crippen LogP contribution < -0.4 is 5.32 Å². The molecule has 0 bridgehead atoms. The molecule has 0 spiro atoms. The molecule has 1 aromatic heterocycles. The van der Waals surface area contributed by atoms with Gasteiger partial charge in [0.05, 0.1) is 11.9 Å². The first-order valence-electron chi connectivity index (χ1n) is 8.68. The summed E-state index contributed by atoms with van der Waals surface area (Å²) in [7, 11) is 0. The highest BCUT2D eigenvalue weighted by molar-refractivity contribution is 5.92. The number of hydrogen-bond acceptors (Lipinski definition) is 4. The average Bonchev–Trinajstić information content (AvgIpc) is 3.08. The van der Waals surface area contributed by atoms with Gasteiger partial charge in [-0.05, 0) is 44.9 Å². The zero-order valence-corrected chi connectivity index (χ0v) is 14.4. The summed E-state index contributed by atoms with van der Waals surface area (Å²) in [6.07, 6.45) is 4.86. The van der Waals surface area contributed by atoms with E-state index >= 15 is 0 Å². The van der Waals surface area contributed by atoms with Gasteiger partial charge in [0.2, 0.25) is 0 Å². The molecule has 0 atom stereocenters. The van der Waals surface area contributed by atoms with Crippen LogP contribution in [0.5, 0.6) is 0 Å². The molecule has 1 aromatic carbocycles. The van der Waals surface area contributed by atoms with E-state index in [4.69, 9.17) is 0 Å². The van der Waals surface area contributed by atoms with Crippen LogP contribution in [0.15, 0.2) is 30.5 Å². The number of benzene rings is 1. The monoisotopic (exact) mass is 327 g/mol. The molecule has 1 fully saturated rings. The summed E-state index contributed by atoms with van der Waals surface area (Å²) in [5.74, 6) is -0.137. The van der Waals surface area contributed by atoms with Crippen molar-refractivity contribution in [3.63, 3.8) is 0 Å². The lowest BCUT2D eigenvalue weighted by atomic mass is 10.0. The number of aryl methyl sites for hydroxylation is 1. The Bertz CT molecular complexity index is 671. The third-order valence-corrected chi connectivity index (χ3v) is 4.49. The lowest BCUT2D eigenvalue weighted by Gasteiger charge is -2.31. The lowest BCUT2D eigenvalue weighted by molar-refractivity contribution is 0.0906. The van der Waals surface area contributed by atoms with Gasteiger partial charge in [-0.3, -0.25) is 4.79 Å². The van der Waals surface area contributed by atoms with Crippen LogP contribution in [0.2, 0.25) is 0 Å². The summed E-state index contributed by atoms with van der Waals surface area (Å²) in [6.45, 7) is 7.48. The van der Waals surface area contributed by atoms with Crippen molar-refractivity contribution in [1.82, 2.24) is 25.2 Å². The molecule has 3 rings (SSSR count). The van der Waals surface area contributed by atoms with Crippen LogP contribution in [0.3, 0.4) is 0 Å². The van der Waals surface area contributed by atoms with Gasteiger partial charge in [0.25, 0.3) is 5.91 Å². The molecule has 6 nitrogen and oxygen atoms in total. The molecule has 24 heavy (non-hydrogen) atoms. The van der Waals surface area contributed by atoms with Crippen LogP contribution in [-0.4, -0.2) is 51.5 Å². The third-order valence-electron chi connectivity index (χ3n) is 4.49. The lowest BCUT2D eigenvalue weighted by Crippen LogP contribution is -2.44. The average molecular weight is 327 g/mol. The van der Waals surface area contributed by atoms with Crippen LogP contribution in [0.25, 0.3) is 5.69 Å². The first-order valence-corrected chi connectivity index (χ1v) is 8.68. The highest BCUT2D eigenvalue weighted by Crippen LogP contribution is 2.12. The first kappa shape index (κ1) is 16.6. The number of nitrogens with zero attached hydrogens (tertiary/aromatic N) is 4. The number of amides is 1. The molecule has 0 aliphatic carbocycles. The largest absolute Gasteiger partial charge is 0.348 e. The third kappa shape index (κ3) is 4.00. The summed E-state index contributed by atoms with van der Waals surface area (Å²) in [5.41, 5.74) is 2.46. The molecular weight excluding hydrogens is 302 g/mol. The van der Waals surface area contributed by atoms with Crippen molar-refractivity contribution in [2.24, 2.45) is 0 Å². The van der Waals surface area contributed by atoms with Crippen molar-refractivity contribution >= 4 is 5.91 Å². The fourth-order valence-electron chi connectivity index (χ4n) is 3.07. The van der Waals surface area contributed by atoms with E-state index in [9.17, 15) is 4.79 Å². The summed E-state index contributed by atoms with van der Waals surface area (Å²) in [6, 6.07) is 8.20.